The van der Waals surface area contributed by atoms with Gasteiger partial charge in [0.15, 0.2) is 11.5 Å². The van der Waals surface area contributed by atoms with Gasteiger partial charge in [0.05, 0.1) is 7.11 Å². The Kier molecular flexibility index (Phi) is 2.97. The van der Waals surface area contributed by atoms with Crippen LogP contribution in [0.3, 0.4) is 0 Å². The molecule has 4 nitrogen and oxygen atoms in total. The number of hydrogen-bond acceptors (Lipinski definition) is 4. The van der Waals surface area contributed by atoms with Crippen LogP contribution in [0, 0.1) is 0 Å². The number of ether oxygens (including phenoxy) is 3. The van der Waals surface area contributed by atoms with Crippen LogP contribution >= 0.6 is 0 Å². The molecule has 82 valence electrons. The highest BCUT2D eigenvalue weighted by molar-refractivity contribution is 5.56. The van der Waals surface area contributed by atoms with Crippen LogP contribution < -0.4 is 14.2 Å². The molecule has 1 aromatic carbocycles. The molecule has 1 aliphatic heterocycles. The molecule has 1 aliphatic rings. The monoisotopic (exact) mass is 210 g/mol. The van der Waals surface area contributed by atoms with E-state index in [4.69, 9.17) is 19.3 Å². The highest BCUT2D eigenvalue weighted by Gasteiger charge is 2.21. The first-order chi connectivity index (χ1) is 7.36. The van der Waals surface area contributed by atoms with E-state index >= 15 is 0 Å². The molecule has 15 heavy (non-hydrogen) atoms. The lowest BCUT2D eigenvalue weighted by Gasteiger charge is -2.10. The Bertz CT molecular complexity index is 349. The summed E-state index contributed by atoms with van der Waals surface area (Å²) in [7, 11) is 1.61. The molecule has 0 aromatic heterocycles. The highest BCUT2D eigenvalue weighted by atomic mass is 16.7. The second-order valence-corrected chi connectivity index (χ2v) is 3.32. The lowest BCUT2D eigenvalue weighted by molar-refractivity contribution is 0.171. The SMILES string of the molecule is COc1c(CCCO)ccc2c1OCO2. The zero-order valence-electron chi connectivity index (χ0n) is 8.66. The maximum Gasteiger partial charge on any atom is 0.231 e. The Labute approximate surface area is 88.4 Å². The third-order valence-corrected chi connectivity index (χ3v) is 2.38. The zero-order chi connectivity index (χ0) is 10.7. The van der Waals surface area contributed by atoms with Crippen molar-refractivity contribution in [1.29, 1.82) is 0 Å². The minimum absolute atomic E-state index is 0.178. The molecule has 0 saturated heterocycles. The van der Waals surface area contributed by atoms with Crippen molar-refractivity contribution < 1.29 is 19.3 Å². The van der Waals surface area contributed by atoms with E-state index in [1.807, 2.05) is 12.1 Å². The molecule has 0 saturated carbocycles. The van der Waals surface area contributed by atoms with Crippen LogP contribution in [0.4, 0.5) is 0 Å². The Morgan fingerprint density at radius 1 is 1.40 bits per heavy atom. The highest BCUT2D eigenvalue weighted by Crippen LogP contribution is 2.43. The van der Waals surface area contributed by atoms with Crippen LogP contribution in [-0.2, 0) is 6.42 Å². The van der Waals surface area contributed by atoms with Gasteiger partial charge >= 0.3 is 0 Å². The first-order valence-electron chi connectivity index (χ1n) is 4.93. The number of rotatable bonds is 4. The van der Waals surface area contributed by atoms with Crippen LogP contribution in [0.5, 0.6) is 17.2 Å². The van der Waals surface area contributed by atoms with Crippen molar-refractivity contribution in [3.05, 3.63) is 17.7 Å². The maximum absolute atomic E-state index is 8.79. The summed E-state index contributed by atoms with van der Waals surface area (Å²) in [6, 6.07) is 3.82. The number of benzene rings is 1. The summed E-state index contributed by atoms with van der Waals surface area (Å²) >= 11 is 0. The Balaban J connectivity index is 2.30. The van der Waals surface area contributed by atoms with Gasteiger partial charge in [-0.2, -0.15) is 0 Å². The summed E-state index contributed by atoms with van der Waals surface area (Å²) in [5.41, 5.74) is 1.04. The number of hydrogen-bond donors (Lipinski definition) is 1. The minimum atomic E-state index is 0.178. The summed E-state index contributed by atoms with van der Waals surface area (Å²) in [5, 5.41) is 8.79. The lowest BCUT2D eigenvalue weighted by Crippen LogP contribution is -1.97. The number of methoxy groups -OCH3 is 1. The van der Waals surface area contributed by atoms with Crippen LogP contribution in [0.1, 0.15) is 12.0 Å². The smallest absolute Gasteiger partial charge is 0.231 e. The van der Waals surface area contributed by atoms with E-state index in [2.05, 4.69) is 0 Å². The molecule has 0 unspecified atom stereocenters. The van der Waals surface area contributed by atoms with Crippen LogP contribution in [0.15, 0.2) is 12.1 Å². The van der Waals surface area contributed by atoms with Gasteiger partial charge in [-0.25, -0.2) is 0 Å². The van der Waals surface area contributed by atoms with E-state index in [1.54, 1.807) is 7.11 Å². The third-order valence-electron chi connectivity index (χ3n) is 2.38. The predicted octanol–water partition coefficient (Wildman–Crippen LogP) is 1.35. The Morgan fingerprint density at radius 3 is 3.00 bits per heavy atom. The topological polar surface area (TPSA) is 47.9 Å². The van der Waals surface area contributed by atoms with E-state index < -0.39 is 0 Å². The standard InChI is InChI=1S/C11H14O4/c1-13-10-8(3-2-6-12)4-5-9-11(10)15-7-14-9/h4-5,12H,2-3,6-7H2,1H3. The zero-order valence-corrected chi connectivity index (χ0v) is 8.66. The molecule has 2 rings (SSSR count). The van der Waals surface area contributed by atoms with E-state index in [1.165, 1.54) is 0 Å². The molecular weight excluding hydrogens is 196 g/mol. The summed E-state index contributed by atoms with van der Waals surface area (Å²) in [6.07, 6.45) is 1.49. The second-order valence-electron chi connectivity index (χ2n) is 3.32. The van der Waals surface area contributed by atoms with Gasteiger partial charge in [-0.1, -0.05) is 6.07 Å². The molecule has 4 heteroatoms. The number of fused-ring (bicyclic) bond motifs is 1. The molecule has 0 fully saturated rings. The molecular formula is C11H14O4. The van der Waals surface area contributed by atoms with Crippen LogP contribution in [-0.4, -0.2) is 25.6 Å². The van der Waals surface area contributed by atoms with Crippen molar-refractivity contribution in [2.24, 2.45) is 0 Å². The summed E-state index contributed by atoms with van der Waals surface area (Å²) in [4.78, 5) is 0. The number of aryl methyl sites for hydroxylation is 1. The molecule has 0 aliphatic carbocycles. The first kappa shape index (κ1) is 10.1. The molecule has 1 N–H and O–H groups in total. The van der Waals surface area contributed by atoms with Crippen LogP contribution in [0.2, 0.25) is 0 Å². The molecule has 0 amide bonds. The van der Waals surface area contributed by atoms with E-state index in [-0.39, 0.29) is 13.4 Å². The number of aliphatic hydroxyl groups excluding tert-OH is 1. The second kappa shape index (κ2) is 4.40. The fourth-order valence-electron chi connectivity index (χ4n) is 1.68. The van der Waals surface area contributed by atoms with Gasteiger partial charge in [0.2, 0.25) is 12.5 Å². The quantitative estimate of drug-likeness (QED) is 0.814. The average molecular weight is 210 g/mol. The fourth-order valence-corrected chi connectivity index (χ4v) is 1.68. The normalized spacial score (nSPS) is 12.9. The third kappa shape index (κ3) is 1.85. The van der Waals surface area contributed by atoms with E-state index in [0.29, 0.717) is 5.75 Å². The summed E-state index contributed by atoms with van der Waals surface area (Å²) in [5.74, 6) is 2.12. The summed E-state index contributed by atoms with van der Waals surface area (Å²) < 4.78 is 15.9. The molecule has 1 aromatic rings. The van der Waals surface area contributed by atoms with Crippen molar-refractivity contribution in [1.82, 2.24) is 0 Å². The van der Waals surface area contributed by atoms with Crippen molar-refractivity contribution in [2.45, 2.75) is 12.8 Å². The van der Waals surface area contributed by atoms with Gasteiger partial charge in [-0.3, -0.25) is 0 Å². The molecule has 0 radical (unpaired) electrons. The summed E-state index contributed by atoms with van der Waals surface area (Å²) in [6.45, 7) is 0.423. The number of aliphatic hydroxyl groups is 1. The Hall–Kier alpha value is -1.42. The van der Waals surface area contributed by atoms with Gasteiger partial charge in [0.25, 0.3) is 0 Å². The van der Waals surface area contributed by atoms with Crippen molar-refractivity contribution in [2.75, 3.05) is 20.5 Å². The molecule has 0 bridgehead atoms. The predicted molar refractivity (Wildman–Crippen MR) is 54.5 cm³/mol. The van der Waals surface area contributed by atoms with Crippen molar-refractivity contribution >= 4 is 0 Å². The fraction of sp³-hybridized carbons (Fsp3) is 0.455. The van der Waals surface area contributed by atoms with Gasteiger partial charge < -0.3 is 19.3 Å². The largest absolute Gasteiger partial charge is 0.492 e. The average Bonchev–Trinajstić information content (AvgIpc) is 2.73. The van der Waals surface area contributed by atoms with Crippen molar-refractivity contribution in [3.63, 3.8) is 0 Å². The van der Waals surface area contributed by atoms with Crippen molar-refractivity contribution in [3.8, 4) is 17.2 Å². The maximum atomic E-state index is 8.79. The van der Waals surface area contributed by atoms with Gasteiger partial charge in [0.1, 0.15) is 0 Å². The van der Waals surface area contributed by atoms with Gasteiger partial charge in [0, 0.05) is 6.61 Å². The Morgan fingerprint density at radius 2 is 2.27 bits per heavy atom. The minimum Gasteiger partial charge on any atom is -0.492 e. The van der Waals surface area contributed by atoms with E-state index in [9.17, 15) is 0 Å². The first-order valence-corrected chi connectivity index (χ1v) is 4.93. The lowest BCUT2D eigenvalue weighted by atomic mass is 10.1. The van der Waals surface area contributed by atoms with Gasteiger partial charge in [-0.15, -0.1) is 0 Å². The molecule has 0 atom stereocenters. The molecule has 1 heterocycles. The van der Waals surface area contributed by atoms with E-state index in [0.717, 1.165) is 29.9 Å². The molecule has 0 spiro atoms. The van der Waals surface area contributed by atoms with Crippen LogP contribution in [0.25, 0.3) is 0 Å². The van der Waals surface area contributed by atoms with Gasteiger partial charge in [-0.05, 0) is 24.5 Å².